The van der Waals surface area contributed by atoms with Crippen molar-refractivity contribution < 1.29 is 4.79 Å². The molecule has 0 spiro atoms. The van der Waals surface area contributed by atoms with Gasteiger partial charge in [-0.2, -0.15) is 5.10 Å². The highest BCUT2D eigenvalue weighted by Crippen LogP contribution is 2.26. The number of benzene rings is 2. The number of aromatic nitrogens is 2. The van der Waals surface area contributed by atoms with Gasteiger partial charge in [0.2, 0.25) is 0 Å². The van der Waals surface area contributed by atoms with Gasteiger partial charge < -0.3 is 10.6 Å². The third-order valence-electron chi connectivity index (χ3n) is 5.04. The van der Waals surface area contributed by atoms with Crippen molar-refractivity contribution in [1.82, 2.24) is 14.7 Å². The van der Waals surface area contributed by atoms with Gasteiger partial charge in [-0.15, -0.1) is 0 Å². The van der Waals surface area contributed by atoms with Crippen LogP contribution in [-0.2, 0) is 6.54 Å². The number of piperidine rings is 1. The maximum Gasteiger partial charge on any atom is 0.257 e. The van der Waals surface area contributed by atoms with Crippen molar-refractivity contribution in [3.05, 3.63) is 76.9 Å². The summed E-state index contributed by atoms with van der Waals surface area (Å²) >= 11 is 6.04. The smallest absolute Gasteiger partial charge is 0.257 e. The van der Waals surface area contributed by atoms with Crippen molar-refractivity contribution >= 4 is 17.5 Å². The molecule has 0 bridgehead atoms. The molecule has 2 N–H and O–H groups in total. The predicted octanol–water partition coefficient (Wildman–Crippen LogP) is 3.82. The largest absolute Gasteiger partial charge is 0.337 e. The molecule has 2 heterocycles. The predicted molar refractivity (Wildman–Crippen MR) is 111 cm³/mol. The van der Waals surface area contributed by atoms with E-state index in [1.165, 1.54) is 0 Å². The number of carbonyl (C=O) groups is 1. The molecule has 1 aliphatic heterocycles. The van der Waals surface area contributed by atoms with E-state index in [0.29, 0.717) is 29.4 Å². The normalized spacial score (nSPS) is 16.9. The van der Waals surface area contributed by atoms with Crippen molar-refractivity contribution in [1.29, 1.82) is 0 Å². The fourth-order valence-corrected chi connectivity index (χ4v) is 3.74. The van der Waals surface area contributed by atoms with E-state index in [1.54, 1.807) is 0 Å². The lowest BCUT2D eigenvalue weighted by Crippen LogP contribution is -2.45. The molecule has 6 heteroatoms. The molecule has 1 aliphatic rings. The van der Waals surface area contributed by atoms with E-state index in [2.05, 4.69) is 12.1 Å². The first-order chi connectivity index (χ1) is 13.6. The number of amides is 1. The number of halogens is 1. The Morgan fingerprint density at radius 1 is 1.14 bits per heavy atom. The minimum atomic E-state index is -0.0144. The number of hydrogen-bond donors (Lipinski definition) is 1. The summed E-state index contributed by atoms with van der Waals surface area (Å²) in [5, 5.41) is 5.39. The van der Waals surface area contributed by atoms with Crippen LogP contribution in [0.1, 0.15) is 28.8 Å². The van der Waals surface area contributed by atoms with Crippen molar-refractivity contribution in [3.63, 3.8) is 0 Å². The van der Waals surface area contributed by atoms with Gasteiger partial charge in [-0.1, -0.05) is 54.1 Å². The zero-order valence-electron chi connectivity index (χ0n) is 15.6. The summed E-state index contributed by atoms with van der Waals surface area (Å²) in [6.07, 6.45) is 3.74. The molecule has 0 radical (unpaired) electrons. The van der Waals surface area contributed by atoms with Crippen molar-refractivity contribution in [2.24, 2.45) is 5.73 Å². The summed E-state index contributed by atoms with van der Waals surface area (Å²) in [6, 6.07) is 17.6. The highest BCUT2D eigenvalue weighted by atomic mass is 35.5. The van der Waals surface area contributed by atoms with Crippen LogP contribution < -0.4 is 5.73 Å². The van der Waals surface area contributed by atoms with E-state index in [9.17, 15) is 4.79 Å². The van der Waals surface area contributed by atoms with Gasteiger partial charge in [0, 0.05) is 35.9 Å². The van der Waals surface area contributed by atoms with E-state index in [0.717, 1.165) is 30.5 Å². The van der Waals surface area contributed by atoms with Gasteiger partial charge in [-0.25, -0.2) is 0 Å². The standard InChI is InChI=1S/C22H23ClN4O/c23-18-10-8-17(9-11-18)21-20(22(28)26-12-4-7-19(24)14-26)15-27(25-21)13-16-5-2-1-3-6-16/h1-3,5-6,8-11,15,19H,4,7,12-14,24H2. The molecule has 4 rings (SSSR count). The number of rotatable bonds is 4. The minimum Gasteiger partial charge on any atom is -0.337 e. The number of hydrogen-bond acceptors (Lipinski definition) is 3. The summed E-state index contributed by atoms with van der Waals surface area (Å²) < 4.78 is 1.83. The molecule has 0 aliphatic carbocycles. The van der Waals surface area contributed by atoms with E-state index < -0.39 is 0 Å². The van der Waals surface area contributed by atoms with Gasteiger partial charge in [0.05, 0.1) is 12.1 Å². The molecule has 0 saturated carbocycles. The topological polar surface area (TPSA) is 64.2 Å². The van der Waals surface area contributed by atoms with E-state index in [-0.39, 0.29) is 11.9 Å². The van der Waals surface area contributed by atoms with Gasteiger partial charge in [0.25, 0.3) is 5.91 Å². The van der Waals surface area contributed by atoms with Crippen LogP contribution in [0.4, 0.5) is 0 Å². The molecule has 2 aromatic carbocycles. The van der Waals surface area contributed by atoms with E-state index in [1.807, 2.05) is 58.2 Å². The molecule has 1 unspecified atom stereocenters. The Kier molecular flexibility index (Phi) is 5.46. The molecule has 1 atom stereocenters. The molecule has 5 nitrogen and oxygen atoms in total. The molecule has 1 amide bonds. The van der Waals surface area contributed by atoms with Crippen LogP contribution in [0.15, 0.2) is 60.8 Å². The molecular weight excluding hydrogens is 372 g/mol. The lowest BCUT2D eigenvalue weighted by molar-refractivity contribution is 0.0709. The zero-order chi connectivity index (χ0) is 19.5. The summed E-state index contributed by atoms with van der Waals surface area (Å²) in [6.45, 7) is 1.92. The van der Waals surface area contributed by atoms with Crippen LogP contribution in [0, 0.1) is 0 Å². The molecule has 3 aromatic rings. The van der Waals surface area contributed by atoms with Crippen LogP contribution in [0.2, 0.25) is 5.02 Å². The monoisotopic (exact) mass is 394 g/mol. The van der Waals surface area contributed by atoms with Gasteiger partial charge >= 0.3 is 0 Å². The Balaban J connectivity index is 1.70. The first-order valence-corrected chi connectivity index (χ1v) is 9.90. The molecular formula is C22H23ClN4O. The molecule has 28 heavy (non-hydrogen) atoms. The maximum absolute atomic E-state index is 13.3. The van der Waals surface area contributed by atoms with Crippen molar-refractivity contribution in [2.75, 3.05) is 13.1 Å². The van der Waals surface area contributed by atoms with Gasteiger partial charge in [-0.05, 0) is 30.5 Å². The minimum absolute atomic E-state index is 0.0144. The van der Waals surface area contributed by atoms with Gasteiger partial charge in [-0.3, -0.25) is 9.48 Å². The van der Waals surface area contributed by atoms with Gasteiger partial charge in [0.1, 0.15) is 5.69 Å². The Labute approximate surface area is 169 Å². The lowest BCUT2D eigenvalue weighted by Gasteiger charge is -2.30. The zero-order valence-corrected chi connectivity index (χ0v) is 16.3. The number of carbonyl (C=O) groups excluding carboxylic acids is 1. The third kappa shape index (κ3) is 4.11. The average Bonchev–Trinajstić information content (AvgIpc) is 3.12. The summed E-state index contributed by atoms with van der Waals surface area (Å²) in [5.74, 6) is -0.0144. The van der Waals surface area contributed by atoms with E-state index >= 15 is 0 Å². The maximum atomic E-state index is 13.3. The first-order valence-electron chi connectivity index (χ1n) is 9.52. The fourth-order valence-electron chi connectivity index (χ4n) is 3.62. The lowest BCUT2D eigenvalue weighted by atomic mass is 10.0. The number of nitrogens with two attached hydrogens (primary N) is 1. The van der Waals surface area contributed by atoms with Gasteiger partial charge in [0.15, 0.2) is 0 Å². The van der Waals surface area contributed by atoms with Crippen molar-refractivity contribution in [3.8, 4) is 11.3 Å². The SMILES string of the molecule is NC1CCCN(C(=O)c2cn(Cc3ccccc3)nc2-c2ccc(Cl)cc2)C1. The third-order valence-corrected chi connectivity index (χ3v) is 5.29. The van der Waals surface area contributed by atoms with Crippen LogP contribution >= 0.6 is 11.6 Å². The quantitative estimate of drug-likeness (QED) is 0.731. The Hall–Kier alpha value is -2.63. The first kappa shape index (κ1) is 18.7. The highest BCUT2D eigenvalue weighted by Gasteiger charge is 2.26. The Morgan fingerprint density at radius 2 is 1.89 bits per heavy atom. The van der Waals surface area contributed by atoms with E-state index in [4.69, 9.17) is 22.4 Å². The number of nitrogens with zero attached hydrogens (tertiary/aromatic N) is 3. The highest BCUT2D eigenvalue weighted by molar-refractivity contribution is 6.30. The Bertz CT molecular complexity index is 952. The summed E-state index contributed by atoms with van der Waals surface area (Å²) in [7, 11) is 0. The van der Waals surface area contributed by atoms with Crippen LogP contribution in [0.5, 0.6) is 0 Å². The second kappa shape index (κ2) is 8.17. The fraction of sp³-hybridized carbons (Fsp3) is 0.273. The molecule has 1 fully saturated rings. The van der Waals surface area contributed by atoms with Crippen LogP contribution in [0.3, 0.4) is 0 Å². The van der Waals surface area contributed by atoms with Crippen LogP contribution in [0.25, 0.3) is 11.3 Å². The molecule has 144 valence electrons. The summed E-state index contributed by atoms with van der Waals surface area (Å²) in [5.41, 5.74) is 9.37. The Morgan fingerprint density at radius 3 is 2.61 bits per heavy atom. The summed E-state index contributed by atoms with van der Waals surface area (Å²) in [4.78, 5) is 15.1. The molecule has 1 saturated heterocycles. The second-order valence-electron chi connectivity index (χ2n) is 7.23. The second-order valence-corrected chi connectivity index (χ2v) is 7.67. The molecule has 1 aromatic heterocycles. The number of likely N-dealkylation sites (tertiary alicyclic amines) is 1. The van der Waals surface area contributed by atoms with Crippen LogP contribution in [-0.4, -0.2) is 39.7 Å². The average molecular weight is 395 g/mol. The van der Waals surface area contributed by atoms with Crippen molar-refractivity contribution in [2.45, 2.75) is 25.4 Å².